The third-order valence-electron chi connectivity index (χ3n) is 4.34. The van der Waals surface area contributed by atoms with Gasteiger partial charge in [0.25, 0.3) is 0 Å². The zero-order valence-electron chi connectivity index (χ0n) is 14.1. The van der Waals surface area contributed by atoms with Gasteiger partial charge in [0.05, 0.1) is 17.9 Å². The van der Waals surface area contributed by atoms with Gasteiger partial charge in [0.2, 0.25) is 5.91 Å². The highest BCUT2D eigenvalue weighted by Gasteiger charge is 2.23. The maximum atomic E-state index is 12.3. The Kier molecular flexibility index (Phi) is 5.66. The van der Waals surface area contributed by atoms with Crippen LogP contribution in [0.2, 0.25) is 0 Å². The fourth-order valence-electron chi connectivity index (χ4n) is 3.02. The Labute approximate surface area is 146 Å². The molecule has 1 aromatic carbocycles. The van der Waals surface area contributed by atoms with E-state index in [0.717, 1.165) is 31.4 Å². The second-order valence-corrected chi connectivity index (χ2v) is 6.20. The van der Waals surface area contributed by atoms with Gasteiger partial charge >= 0.3 is 6.03 Å². The van der Waals surface area contributed by atoms with E-state index in [4.69, 9.17) is 0 Å². The van der Waals surface area contributed by atoms with Crippen LogP contribution in [0.5, 0.6) is 0 Å². The number of benzene rings is 1. The second kappa shape index (κ2) is 8.32. The van der Waals surface area contributed by atoms with Crippen LogP contribution in [-0.4, -0.2) is 40.1 Å². The summed E-state index contributed by atoms with van der Waals surface area (Å²) >= 11 is 0. The number of aromatic nitrogens is 2. The summed E-state index contributed by atoms with van der Waals surface area (Å²) in [7, 11) is 0. The lowest BCUT2D eigenvalue weighted by atomic mass is 10.1. The van der Waals surface area contributed by atoms with Crippen molar-refractivity contribution in [3.8, 4) is 0 Å². The predicted molar refractivity (Wildman–Crippen MR) is 95.0 cm³/mol. The number of nitrogens with one attached hydrogen (secondary N) is 3. The van der Waals surface area contributed by atoms with Gasteiger partial charge < -0.3 is 15.5 Å². The monoisotopic (exact) mass is 341 g/mol. The van der Waals surface area contributed by atoms with Crippen LogP contribution in [0.4, 0.5) is 10.5 Å². The Morgan fingerprint density at radius 2 is 2.08 bits per heavy atom. The molecular formula is C18H23N5O2. The standard InChI is InChI=1S/C18H23N5O2/c24-17-9-5-2-6-10-23(17)13-16(14-7-3-1-4-8-14)22-18(25)21-15-11-19-20-12-15/h1,3-4,7-8,11-12,16H,2,5-6,9-10,13H2,(H,19,20)(H2,21,22,25)/t16-/m1/s1. The first-order chi connectivity index (χ1) is 12.2. The van der Waals surface area contributed by atoms with Crippen molar-refractivity contribution in [2.45, 2.75) is 31.7 Å². The smallest absolute Gasteiger partial charge is 0.319 e. The van der Waals surface area contributed by atoms with Crippen molar-refractivity contribution in [1.82, 2.24) is 20.4 Å². The highest BCUT2D eigenvalue weighted by Crippen LogP contribution is 2.18. The molecular weight excluding hydrogens is 318 g/mol. The maximum Gasteiger partial charge on any atom is 0.319 e. The van der Waals surface area contributed by atoms with Gasteiger partial charge in [-0.1, -0.05) is 36.8 Å². The zero-order chi connectivity index (χ0) is 17.5. The molecule has 1 atom stereocenters. The van der Waals surface area contributed by atoms with Crippen LogP contribution >= 0.6 is 0 Å². The summed E-state index contributed by atoms with van der Waals surface area (Å²) in [6.45, 7) is 1.22. The molecule has 2 heterocycles. The van der Waals surface area contributed by atoms with Crippen LogP contribution in [0, 0.1) is 0 Å². The number of hydrogen-bond acceptors (Lipinski definition) is 3. The number of H-pyrrole nitrogens is 1. The predicted octanol–water partition coefficient (Wildman–Crippen LogP) is 2.68. The molecule has 0 unspecified atom stereocenters. The van der Waals surface area contributed by atoms with E-state index >= 15 is 0 Å². The van der Waals surface area contributed by atoms with Gasteiger partial charge in [-0.3, -0.25) is 9.89 Å². The van der Waals surface area contributed by atoms with Crippen LogP contribution in [0.15, 0.2) is 42.7 Å². The molecule has 1 aliphatic rings. The molecule has 1 fully saturated rings. The number of aromatic amines is 1. The van der Waals surface area contributed by atoms with Gasteiger partial charge in [0.15, 0.2) is 0 Å². The maximum absolute atomic E-state index is 12.3. The fraction of sp³-hybridized carbons (Fsp3) is 0.389. The number of hydrogen-bond donors (Lipinski definition) is 3. The highest BCUT2D eigenvalue weighted by atomic mass is 16.2. The summed E-state index contributed by atoms with van der Waals surface area (Å²) in [5, 5.41) is 12.2. The summed E-state index contributed by atoms with van der Waals surface area (Å²) < 4.78 is 0. The number of likely N-dealkylation sites (tertiary alicyclic amines) is 1. The van der Waals surface area contributed by atoms with E-state index in [1.54, 1.807) is 6.20 Å². The average Bonchev–Trinajstić information content (AvgIpc) is 3.04. The minimum Gasteiger partial charge on any atom is -0.340 e. The molecule has 1 saturated heterocycles. The summed E-state index contributed by atoms with van der Waals surface area (Å²) in [6, 6.07) is 9.14. The number of nitrogens with zero attached hydrogens (tertiary/aromatic N) is 2. The lowest BCUT2D eigenvalue weighted by Crippen LogP contribution is -2.42. The molecule has 0 spiro atoms. The molecule has 0 saturated carbocycles. The lowest BCUT2D eigenvalue weighted by Gasteiger charge is -2.27. The molecule has 7 heteroatoms. The van der Waals surface area contributed by atoms with Gasteiger partial charge in [-0.15, -0.1) is 0 Å². The number of amides is 3. The van der Waals surface area contributed by atoms with Crippen LogP contribution < -0.4 is 10.6 Å². The summed E-state index contributed by atoms with van der Waals surface area (Å²) in [4.78, 5) is 26.5. The third-order valence-corrected chi connectivity index (χ3v) is 4.34. The SMILES string of the molecule is O=C(Nc1cn[nH]c1)N[C@H](CN1CCCCCC1=O)c1ccccc1. The summed E-state index contributed by atoms with van der Waals surface area (Å²) in [6.07, 6.45) is 6.76. The van der Waals surface area contributed by atoms with E-state index in [0.29, 0.717) is 18.7 Å². The highest BCUT2D eigenvalue weighted by molar-refractivity contribution is 5.89. The van der Waals surface area contributed by atoms with Crippen LogP contribution in [-0.2, 0) is 4.79 Å². The Morgan fingerprint density at radius 1 is 1.24 bits per heavy atom. The molecule has 0 aliphatic carbocycles. The normalized spacial score (nSPS) is 16.2. The average molecular weight is 341 g/mol. The van der Waals surface area contributed by atoms with Crippen molar-refractivity contribution in [2.24, 2.45) is 0 Å². The van der Waals surface area contributed by atoms with Crippen LogP contribution in [0.25, 0.3) is 0 Å². The quantitative estimate of drug-likeness (QED) is 0.781. The number of carbonyl (C=O) groups is 2. The second-order valence-electron chi connectivity index (χ2n) is 6.20. The van der Waals surface area contributed by atoms with Gasteiger partial charge in [-0.25, -0.2) is 4.79 Å². The van der Waals surface area contributed by atoms with Gasteiger partial charge in [-0.2, -0.15) is 5.10 Å². The van der Waals surface area contributed by atoms with Crippen molar-refractivity contribution in [3.63, 3.8) is 0 Å². The molecule has 0 bridgehead atoms. The van der Waals surface area contributed by atoms with E-state index < -0.39 is 0 Å². The van der Waals surface area contributed by atoms with Crippen LogP contribution in [0.1, 0.15) is 37.3 Å². The van der Waals surface area contributed by atoms with Crippen molar-refractivity contribution >= 4 is 17.6 Å². The first kappa shape index (κ1) is 17.0. The molecule has 1 aromatic heterocycles. The number of rotatable bonds is 5. The van der Waals surface area contributed by atoms with E-state index in [9.17, 15) is 9.59 Å². The largest absolute Gasteiger partial charge is 0.340 e. The third kappa shape index (κ3) is 4.82. The molecule has 3 amide bonds. The Bertz CT molecular complexity index is 687. The zero-order valence-corrected chi connectivity index (χ0v) is 14.1. The lowest BCUT2D eigenvalue weighted by molar-refractivity contribution is -0.131. The Balaban J connectivity index is 1.70. The molecule has 1 aliphatic heterocycles. The fourth-order valence-corrected chi connectivity index (χ4v) is 3.02. The molecule has 0 radical (unpaired) electrons. The van der Waals surface area contributed by atoms with Crippen molar-refractivity contribution in [3.05, 3.63) is 48.3 Å². The van der Waals surface area contributed by atoms with E-state index in [-0.39, 0.29) is 18.0 Å². The van der Waals surface area contributed by atoms with Crippen molar-refractivity contribution in [1.29, 1.82) is 0 Å². The Morgan fingerprint density at radius 3 is 2.84 bits per heavy atom. The molecule has 25 heavy (non-hydrogen) atoms. The first-order valence-electron chi connectivity index (χ1n) is 8.61. The number of carbonyl (C=O) groups excluding carboxylic acids is 2. The summed E-state index contributed by atoms with van der Waals surface area (Å²) in [5.74, 6) is 0.162. The van der Waals surface area contributed by atoms with E-state index in [1.807, 2.05) is 35.2 Å². The molecule has 7 nitrogen and oxygen atoms in total. The molecule has 3 rings (SSSR count). The minimum atomic E-state index is -0.322. The Hall–Kier alpha value is -2.83. The van der Waals surface area contributed by atoms with Gasteiger partial charge in [0, 0.05) is 25.7 Å². The van der Waals surface area contributed by atoms with Crippen molar-refractivity contribution in [2.75, 3.05) is 18.4 Å². The molecule has 3 N–H and O–H groups in total. The van der Waals surface area contributed by atoms with Crippen LogP contribution in [0.3, 0.4) is 0 Å². The molecule has 2 aromatic rings. The topological polar surface area (TPSA) is 90.1 Å². The minimum absolute atomic E-state index is 0.162. The van der Waals surface area contributed by atoms with Crippen molar-refractivity contribution < 1.29 is 9.59 Å². The van der Waals surface area contributed by atoms with E-state index in [1.165, 1.54) is 6.20 Å². The van der Waals surface area contributed by atoms with E-state index in [2.05, 4.69) is 20.8 Å². The molecule has 132 valence electrons. The van der Waals surface area contributed by atoms with Gasteiger partial charge in [-0.05, 0) is 18.4 Å². The first-order valence-corrected chi connectivity index (χ1v) is 8.61. The summed E-state index contributed by atoms with van der Waals surface area (Å²) in [5.41, 5.74) is 1.57. The number of anilines is 1. The van der Waals surface area contributed by atoms with Gasteiger partial charge in [0.1, 0.15) is 0 Å². The number of urea groups is 1.